The molecule has 0 amide bonds. The van der Waals surface area contributed by atoms with Crippen LogP contribution in [0.3, 0.4) is 0 Å². The SMILES string of the molecule is C[n+]1[c-]n(-c2cccc(Oc3ccc4c5ccccc5n(-c5cc6c(cn5)oc5ccccc56)c4c3)c2)c2ccccc21. The molecule has 5 aromatic carbocycles. The number of pyridine rings is 1. The summed E-state index contributed by atoms with van der Waals surface area (Å²) in [5.74, 6) is 2.32. The fraction of sp³-hybridized carbons (Fsp3) is 0.0270. The lowest BCUT2D eigenvalue weighted by molar-refractivity contribution is -0.649. The maximum atomic E-state index is 6.49. The van der Waals surface area contributed by atoms with E-state index in [1.54, 1.807) is 0 Å². The molecule has 0 spiro atoms. The first-order valence-electron chi connectivity index (χ1n) is 14.2. The van der Waals surface area contributed by atoms with Crippen LogP contribution in [0.2, 0.25) is 0 Å². The summed E-state index contributed by atoms with van der Waals surface area (Å²) in [7, 11) is 2.01. The first-order valence-corrected chi connectivity index (χ1v) is 14.2. The number of hydrogen-bond donors (Lipinski definition) is 0. The van der Waals surface area contributed by atoms with E-state index in [1.807, 2.05) is 72.4 Å². The standard InChI is InChI=1S/C37H24N4O2/c1-39-23-40(33-15-6-5-14-32(33)39)24-9-8-10-25(19-24)42-26-17-18-28-27-11-2-4-13-31(27)41(34(28)20-26)37-21-30-29-12-3-7-16-35(29)43-36(30)22-38-37/h2-22H,1H3. The lowest BCUT2D eigenvalue weighted by atomic mass is 10.1. The summed E-state index contributed by atoms with van der Waals surface area (Å²) in [5.41, 5.74) is 6.91. The highest BCUT2D eigenvalue weighted by atomic mass is 16.5. The van der Waals surface area contributed by atoms with Crippen LogP contribution in [-0.4, -0.2) is 14.1 Å². The number of furan rings is 1. The van der Waals surface area contributed by atoms with Gasteiger partial charge in [-0.25, -0.2) is 4.98 Å². The number of rotatable bonds is 4. The molecule has 4 heterocycles. The second-order valence-corrected chi connectivity index (χ2v) is 10.8. The van der Waals surface area contributed by atoms with Crippen LogP contribution in [0.25, 0.3) is 66.3 Å². The number of aromatic nitrogens is 4. The van der Waals surface area contributed by atoms with Gasteiger partial charge >= 0.3 is 0 Å². The lowest BCUT2D eigenvalue weighted by Crippen LogP contribution is -2.26. The average molecular weight is 557 g/mol. The van der Waals surface area contributed by atoms with E-state index < -0.39 is 0 Å². The molecule has 0 aliphatic rings. The molecule has 0 atom stereocenters. The molecule has 0 unspecified atom stereocenters. The number of hydrogen-bond acceptors (Lipinski definition) is 3. The number of nitrogens with zero attached hydrogens (tertiary/aromatic N) is 4. The van der Waals surface area contributed by atoms with Gasteiger partial charge in [-0.2, -0.15) is 0 Å². The van der Waals surface area contributed by atoms with Crippen LogP contribution >= 0.6 is 0 Å². The van der Waals surface area contributed by atoms with Crippen LogP contribution in [0, 0.1) is 6.33 Å². The summed E-state index contributed by atoms with van der Waals surface area (Å²) in [4.78, 5) is 4.85. The van der Waals surface area contributed by atoms with Crippen molar-refractivity contribution in [2.75, 3.05) is 0 Å². The topological polar surface area (TPSA) is 49.0 Å². The van der Waals surface area contributed by atoms with Crippen molar-refractivity contribution < 1.29 is 13.7 Å². The van der Waals surface area contributed by atoms with Gasteiger partial charge in [-0.1, -0.05) is 72.8 Å². The van der Waals surface area contributed by atoms with Crippen molar-refractivity contribution >= 4 is 54.8 Å². The molecule has 0 bridgehead atoms. The quantitative estimate of drug-likeness (QED) is 0.161. The van der Waals surface area contributed by atoms with E-state index in [4.69, 9.17) is 14.1 Å². The number of imidazole rings is 1. The van der Waals surface area contributed by atoms with Gasteiger partial charge in [0.1, 0.15) is 22.9 Å². The Hall–Kier alpha value is -5.88. The molecule has 6 nitrogen and oxygen atoms in total. The van der Waals surface area contributed by atoms with E-state index in [0.29, 0.717) is 0 Å². The van der Waals surface area contributed by atoms with Crippen LogP contribution in [0.5, 0.6) is 11.5 Å². The summed E-state index contributed by atoms with van der Waals surface area (Å²) in [5, 5.41) is 4.41. The molecular formula is C37H24N4O2. The van der Waals surface area contributed by atoms with Gasteiger partial charge < -0.3 is 18.3 Å². The van der Waals surface area contributed by atoms with Gasteiger partial charge in [-0.3, -0.25) is 4.57 Å². The summed E-state index contributed by atoms with van der Waals surface area (Å²) in [6.45, 7) is 0. The molecule has 43 heavy (non-hydrogen) atoms. The van der Waals surface area contributed by atoms with Crippen LogP contribution < -0.4 is 9.30 Å². The molecule has 9 aromatic rings. The number of aryl methyl sites for hydroxylation is 1. The van der Waals surface area contributed by atoms with Crippen molar-refractivity contribution in [2.45, 2.75) is 0 Å². The molecule has 0 aliphatic heterocycles. The van der Waals surface area contributed by atoms with Crippen LogP contribution in [0.4, 0.5) is 0 Å². The summed E-state index contributed by atoms with van der Waals surface area (Å²) >= 11 is 0. The number of ether oxygens (including phenoxy) is 1. The zero-order valence-corrected chi connectivity index (χ0v) is 23.2. The lowest BCUT2D eigenvalue weighted by Gasteiger charge is -2.11. The third-order valence-corrected chi connectivity index (χ3v) is 8.17. The monoisotopic (exact) mass is 556 g/mol. The van der Waals surface area contributed by atoms with E-state index in [1.165, 1.54) is 0 Å². The first-order chi connectivity index (χ1) is 21.2. The first kappa shape index (κ1) is 23.8. The maximum absolute atomic E-state index is 6.49. The van der Waals surface area contributed by atoms with E-state index in [9.17, 15) is 0 Å². The molecule has 0 N–H and O–H groups in total. The number of para-hydroxylation sites is 4. The maximum Gasteiger partial charge on any atom is 0.244 e. The van der Waals surface area contributed by atoms with Gasteiger partial charge in [0, 0.05) is 27.6 Å². The van der Waals surface area contributed by atoms with Gasteiger partial charge in [0.25, 0.3) is 0 Å². The highest BCUT2D eigenvalue weighted by molar-refractivity contribution is 6.10. The Morgan fingerprint density at radius 3 is 2.35 bits per heavy atom. The molecule has 6 heteroatoms. The number of fused-ring (bicyclic) bond motifs is 7. The minimum atomic E-state index is 0.746. The van der Waals surface area contributed by atoms with Crippen molar-refractivity contribution in [1.82, 2.24) is 14.1 Å². The Morgan fingerprint density at radius 2 is 1.42 bits per heavy atom. The highest BCUT2D eigenvalue weighted by Gasteiger charge is 2.16. The van der Waals surface area contributed by atoms with Gasteiger partial charge in [-0.15, -0.1) is 0 Å². The van der Waals surface area contributed by atoms with E-state index >= 15 is 0 Å². The predicted molar refractivity (Wildman–Crippen MR) is 169 cm³/mol. The molecular weight excluding hydrogens is 532 g/mol. The smallest absolute Gasteiger partial charge is 0.244 e. The van der Waals surface area contributed by atoms with Gasteiger partial charge in [0.15, 0.2) is 5.58 Å². The minimum absolute atomic E-state index is 0.746. The Morgan fingerprint density at radius 1 is 0.651 bits per heavy atom. The summed E-state index contributed by atoms with van der Waals surface area (Å²) < 4.78 is 18.8. The van der Waals surface area contributed by atoms with Crippen molar-refractivity contribution in [3.05, 3.63) is 134 Å². The Bertz CT molecular complexity index is 2520. The second kappa shape index (κ2) is 9.06. The average Bonchev–Trinajstić information content (AvgIpc) is 3.70. The molecule has 0 fully saturated rings. The number of benzene rings is 5. The third kappa shape index (κ3) is 3.66. The summed E-state index contributed by atoms with van der Waals surface area (Å²) in [6.07, 6.45) is 5.23. The zero-order chi connectivity index (χ0) is 28.5. The summed E-state index contributed by atoms with van der Waals surface area (Å²) in [6, 6.07) is 41.3. The molecule has 0 radical (unpaired) electrons. The highest BCUT2D eigenvalue weighted by Crippen LogP contribution is 2.37. The van der Waals surface area contributed by atoms with Gasteiger partial charge in [0.2, 0.25) is 6.33 Å². The molecule has 0 saturated heterocycles. The van der Waals surface area contributed by atoms with Crippen LogP contribution in [0.15, 0.2) is 132 Å². The molecule has 0 saturated carbocycles. The van der Waals surface area contributed by atoms with E-state index in [2.05, 4.69) is 82.2 Å². The van der Waals surface area contributed by atoms with E-state index in [0.717, 1.165) is 77.8 Å². The van der Waals surface area contributed by atoms with Crippen molar-refractivity contribution in [2.24, 2.45) is 7.05 Å². The normalized spacial score (nSPS) is 11.8. The van der Waals surface area contributed by atoms with E-state index in [-0.39, 0.29) is 0 Å². The van der Waals surface area contributed by atoms with Crippen molar-refractivity contribution in [1.29, 1.82) is 0 Å². The molecule has 4 aromatic heterocycles. The van der Waals surface area contributed by atoms with Crippen LogP contribution in [-0.2, 0) is 7.05 Å². The third-order valence-electron chi connectivity index (χ3n) is 8.17. The Labute approximate surface area is 246 Å². The van der Waals surface area contributed by atoms with Gasteiger partial charge in [0.05, 0.1) is 41.0 Å². The Kier molecular flexibility index (Phi) is 5.01. The largest absolute Gasteiger partial charge is 0.458 e. The van der Waals surface area contributed by atoms with Crippen molar-refractivity contribution in [3.8, 4) is 23.0 Å². The van der Waals surface area contributed by atoms with Crippen molar-refractivity contribution in [3.63, 3.8) is 0 Å². The fourth-order valence-corrected chi connectivity index (χ4v) is 6.22. The van der Waals surface area contributed by atoms with Crippen LogP contribution in [0.1, 0.15) is 0 Å². The minimum Gasteiger partial charge on any atom is -0.458 e. The second-order valence-electron chi connectivity index (χ2n) is 10.8. The predicted octanol–water partition coefficient (Wildman–Crippen LogP) is 8.44. The zero-order valence-electron chi connectivity index (χ0n) is 23.2. The molecule has 9 rings (SSSR count). The molecule has 0 aliphatic carbocycles. The Balaban J connectivity index is 1.17. The molecule has 204 valence electrons. The fourth-order valence-electron chi connectivity index (χ4n) is 6.22. The van der Waals surface area contributed by atoms with Gasteiger partial charge in [-0.05, 0) is 42.5 Å².